The minimum absolute atomic E-state index is 0.211. The highest BCUT2D eigenvalue weighted by Crippen LogP contribution is 2.34. The quantitative estimate of drug-likeness (QED) is 0.700. The van der Waals surface area contributed by atoms with E-state index in [-0.39, 0.29) is 5.41 Å². The summed E-state index contributed by atoms with van der Waals surface area (Å²) in [4.78, 5) is 2.76. The van der Waals surface area contributed by atoms with Crippen LogP contribution in [0.25, 0.3) is 0 Å². The maximum atomic E-state index is 12.5. The van der Waals surface area contributed by atoms with Crippen molar-refractivity contribution in [1.82, 2.24) is 9.62 Å². The van der Waals surface area contributed by atoms with E-state index in [1.165, 1.54) is 0 Å². The smallest absolute Gasteiger partial charge is 0.240 e. The van der Waals surface area contributed by atoms with Gasteiger partial charge in [-0.05, 0) is 76.6 Å². The zero-order chi connectivity index (χ0) is 20.7. The second kappa shape index (κ2) is 10.0. The number of nitrogens with one attached hydrogen (secondary N) is 1. The molecule has 0 amide bonds. The molecule has 2 fully saturated rings. The molecule has 29 heavy (non-hydrogen) atoms. The van der Waals surface area contributed by atoms with Gasteiger partial charge in [0, 0.05) is 26.3 Å². The topological polar surface area (TPSA) is 82.4 Å². The fraction of sp³-hybridized carbons (Fsp3) is 0.682. The van der Waals surface area contributed by atoms with Gasteiger partial charge < -0.3 is 9.64 Å². The third-order valence-corrected chi connectivity index (χ3v) is 7.75. The first-order valence-corrected chi connectivity index (χ1v) is 12.2. The Hall–Kier alpha value is -1.46. The lowest BCUT2D eigenvalue weighted by molar-refractivity contribution is 0.0343. The zero-order valence-corrected chi connectivity index (χ0v) is 18.2. The Balaban J connectivity index is 1.44. The Morgan fingerprint density at radius 1 is 1.28 bits per heavy atom. The van der Waals surface area contributed by atoms with E-state index in [0.29, 0.717) is 30.6 Å². The van der Waals surface area contributed by atoms with Gasteiger partial charge in [0.1, 0.15) is 0 Å². The molecule has 0 radical (unpaired) electrons. The summed E-state index contributed by atoms with van der Waals surface area (Å²) in [7, 11) is -3.45. The minimum atomic E-state index is -3.45. The van der Waals surface area contributed by atoms with E-state index in [0.717, 1.165) is 63.7 Å². The van der Waals surface area contributed by atoms with E-state index in [1.54, 1.807) is 12.1 Å². The first-order valence-electron chi connectivity index (χ1n) is 10.7. The van der Waals surface area contributed by atoms with Crippen molar-refractivity contribution in [1.29, 1.82) is 5.26 Å². The van der Waals surface area contributed by atoms with Crippen LogP contribution in [0.1, 0.15) is 44.1 Å². The van der Waals surface area contributed by atoms with Crippen molar-refractivity contribution in [2.45, 2.75) is 50.3 Å². The maximum Gasteiger partial charge on any atom is 0.240 e. The van der Waals surface area contributed by atoms with Gasteiger partial charge in [-0.15, -0.1) is 0 Å². The van der Waals surface area contributed by atoms with E-state index in [9.17, 15) is 13.7 Å². The average Bonchev–Trinajstić information content (AvgIpc) is 2.74. The van der Waals surface area contributed by atoms with Crippen molar-refractivity contribution >= 4 is 10.0 Å². The summed E-state index contributed by atoms with van der Waals surface area (Å²) in [5, 5.41) is 9.59. The molecule has 2 heterocycles. The molecule has 0 unspecified atom stereocenters. The fourth-order valence-electron chi connectivity index (χ4n) is 4.37. The Kier molecular flexibility index (Phi) is 7.69. The van der Waals surface area contributed by atoms with Crippen LogP contribution in [-0.2, 0) is 14.8 Å². The molecule has 0 aliphatic carbocycles. The van der Waals surface area contributed by atoms with Crippen LogP contribution < -0.4 is 4.72 Å². The van der Waals surface area contributed by atoms with Gasteiger partial charge in [-0.3, -0.25) is 0 Å². The lowest BCUT2D eigenvalue weighted by Gasteiger charge is -2.34. The summed E-state index contributed by atoms with van der Waals surface area (Å²) in [5.41, 5.74) is 0.836. The Morgan fingerprint density at radius 3 is 2.69 bits per heavy atom. The van der Waals surface area contributed by atoms with Crippen LogP contribution in [0.15, 0.2) is 29.2 Å². The zero-order valence-electron chi connectivity index (χ0n) is 17.4. The Bertz CT molecular complexity index is 796. The van der Waals surface area contributed by atoms with Crippen molar-refractivity contribution in [3.63, 3.8) is 0 Å². The molecule has 0 spiro atoms. The number of aryl methyl sites for hydroxylation is 1. The number of likely N-dealkylation sites (tertiary alicyclic amines) is 1. The minimum Gasteiger partial charge on any atom is -0.381 e. The van der Waals surface area contributed by atoms with Gasteiger partial charge in [0.2, 0.25) is 10.0 Å². The molecule has 7 heteroatoms. The average molecular weight is 420 g/mol. The van der Waals surface area contributed by atoms with Crippen molar-refractivity contribution in [3.05, 3.63) is 29.8 Å². The molecule has 1 aromatic rings. The summed E-state index contributed by atoms with van der Waals surface area (Å²) in [6.45, 7) is 6.77. The van der Waals surface area contributed by atoms with Crippen LogP contribution >= 0.6 is 0 Å². The molecule has 1 aromatic carbocycles. The Labute approximate surface area is 175 Å². The van der Waals surface area contributed by atoms with E-state index in [4.69, 9.17) is 4.74 Å². The number of sulfonamides is 1. The number of hydrogen-bond donors (Lipinski definition) is 1. The predicted octanol–water partition coefficient (Wildman–Crippen LogP) is 3.09. The second-order valence-electron chi connectivity index (χ2n) is 8.58. The van der Waals surface area contributed by atoms with Crippen molar-refractivity contribution in [2.24, 2.45) is 11.3 Å². The highest BCUT2D eigenvalue weighted by molar-refractivity contribution is 7.89. The molecule has 2 aliphatic heterocycles. The summed E-state index contributed by atoms with van der Waals surface area (Å²) in [6.07, 6.45) is 5.75. The highest BCUT2D eigenvalue weighted by atomic mass is 32.2. The van der Waals surface area contributed by atoms with E-state index >= 15 is 0 Å². The standard InChI is InChI=1S/C22H33N3O3S/c1-19-5-7-21(8-6-19)29(26,27)24-16-20-4-2-12-25(17-20)13-3-9-22(18-23)10-14-28-15-11-22/h5-8,20,24H,2-4,9-17H2,1H3/t20-/m1/s1. The first-order chi connectivity index (χ1) is 13.9. The number of hydrogen-bond acceptors (Lipinski definition) is 5. The highest BCUT2D eigenvalue weighted by Gasteiger charge is 2.32. The molecule has 1 N–H and O–H groups in total. The van der Waals surface area contributed by atoms with Gasteiger partial charge in [0.15, 0.2) is 0 Å². The molecular formula is C22H33N3O3S. The largest absolute Gasteiger partial charge is 0.381 e. The van der Waals surface area contributed by atoms with E-state index in [1.807, 2.05) is 19.1 Å². The normalized spacial score (nSPS) is 22.8. The van der Waals surface area contributed by atoms with Gasteiger partial charge in [0.05, 0.1) is 16.4 Å². The number of benzene rings is 1. The summed E-state index contributed by atoms with van der Waals surface area (Å²) < 4.78 is 33.2. The molecule has 2 saturated heterocycles. The summed E-state index contributed by atoms with van der Waals surface area (Å²) >= 11 is 0. The maximum absolute atomic E-state index is 12.5. The van der Waals surface area contributed by atoms with Crippen molar-refractivity contribution in [3.8, 4) is 6.07 Å². The molecule has 0 bridgehead atoms. The number of ether oxygens (including phenoxy) is 1. The third-order valence-electron chi connectivity index (χ3n) is 6.31. The van der Waals surface area contributed by atoms with Gasteiger partial charge in [-0.1, -0.05) is 17.7 Å². The monoisotopic (exact) mass is 419 g/mol. The molecule has 160 valence electrons. The number of piperidine rings is 1. The van der Waals surface area contributed by atoms with Gasteiger partial charge in [-0.2, -0.15) is 5.26 Å². The number of rotatable bonds is 8. The second-order valence-corrected chi connectivity index (χ2v) is 10.3. The molecule has 2 aliphatic rings. The molecule has 1 atom stereocenters. The molecule has 3 rings (SSSR count). The van der Waals surface area contributed by atoms with Crippen LogP contribution in [0.4, 0.5) is 0 Å². The van der Waals surface area contributed by atoms with Crippen LogP contribution in [0.5, 0.6) is 0 Å². The lowest BCUT2D eigenvalue weighted by Crippen LogP contribution is -2.41. The molecule has 0 saturated carbocycles. The SMILES string of the molecule is Cc1ccc(S(=O)(=O)NC[C@H]2CCCN(CCCC3(C#N)CCOCC3)C2)cc1. The first kappa shape index (κ1) is 22.2. The number of nitriles is 1. The van der Waals surface area contributed by atoms with Crippen molar-refractivity contribution < 1.29 is 13.2 Å². The van der Waals surface area contributed by atoms with Gasteiger partial charge in [0.25, 0.3) is 0 Å². The summed E-state index contributed by atoms with van der Waals surface area (Å²) in [6, 6.07) is 9.51. The molecule has 6 nitrogen and oxygen atoms in total. The lowest BCUT2D eigenvalue weighted by atomic mass is 9.78. The molecular weight excluding hydrogens is 386 g/mol. The third kappa shape index (κ3) is 6.26. The summed E-state index contributed by atoms with van der Waals surface area (Å²) in [5.74, 6) is 0.331. The number of nitrogens with zero attached hydrogens (tertiary/aromatic N) is 2. The van der Waals surface area contributed by atoms with Gasteiger partial charge >= 0.3 is 0 Å². The van der Waals surface area contributed by atoms with Crippen LogP contribution in [0.2, 0.25) is 0 Å². The van der Waals surface area contributed by atoms with Crippen LogP contribution in [-0.4, -0.2) is 52.7 Å². The van der Waals surface area contributed by atoms with Crippen LogP contribution in [0, 0.1) is 29.6 Å². The van der Waals surface area contributed by atoms with Crippen LogP contribution in [0.3, 0.4) is 0 Å². The predicted molar refractivity (Wildman–Crippen MR) is 113 cm³/mol. The molecule has 0 aromatic heterocycles. The Morgan fingerprint density at radius 2 is 2.00 bits per heavy atom. The van der Waals surface area contributed by atoms with Crippen molar-refractivity contribution in [2.75, 3.05) is 39.4 Å². The fourth-order valence-corrected chi connectivity index (χ4v) is 5.49. The van der Waals surface area contributed by atoms with E-state index in [2.05, 4.69) is 15.7 Å². The van der Waals surface area contributed by atoms with E-state index < -0.39 is 10.0 Å². The van der Waals surface area contributed by atoms with Gasteiger partial charge in [-0.25, -0.2) is 13.1 Å².